The molecular weight excluding hydrogens is 426 g/mol. The largest absolute Gasteiger partial charge is 0.376 e. The van der Waals surface area contributed by atoms with E-state index in [0.29, 0.717) is 25.2 Å². The first-order chi connectivity index (χ1) is 15.3. The first kappa shape index (κ1) is 24.4. The fraction of sp³-hybridized carbons (Fsp3) is 0.458. The summed E-state index contributed by atoms with van der Waals surface area (Å²) in [6.45, 7) is 10.4. The molecule has 0 aliphatic carbocycles. The molecule has 2 aromatic carbocycles. The third-order valence-electron chi connectivity index (χ3n) is 5.64. The molecule has 7 nitrogen and oxygen atoms in total. The highest BCUT2D eigenvalue weighted by molar-refractivity contribution is 7.89. The maximum atomic E-state index is 12.6. The lowest BCUT2D eigenvalue weighted by Gasteiger charge is -2.31. The van der Waals surface area contributed by atoms with E-state index in [1.165, 1.54) is 22.0 Å². The Bertz CT molecular complexity index is 1000. The average Bonchev–Trinajstić information content (AvgIpc) is 2.78. The van der Waals surface area contributed by atoms with Crippen LogP contribution in [0.3, 0.4) is 0 Å². The number of carbonyl (C=O) groups excluding carboxylic acids is 1. The Morgan fingerprint density at radius 3 is 2.47 bits per heavy atom. The molecule has 1 N–H and O–H groups in total. The highest BCUT2D eigenvalue weighted by atomic mass is 32.2. The lowest BCUT2D eigenvalue weighted by molar-refractivity contribution is -0.0212. The number of nitrogens with zero attached hydrogens (tertiary/aromatic N) is 2. The molecule has 0 bridgehead atoms. The van der Waals surface area contributed by atoms with Crippen LogP contribution >= 0.6 is 0 Å². The summed E-state index contributed by atoms with van der Waals surface area (Å²) in [4.78, 5) is 15.1. The topological polar surface area (TPSA) is 79.0 Å². The zero-order valence-electron chi connectivity index (χ0n) is 19.1. The Morgan fingerprint density at radius 1 is 1.12 bits per heavy atom. The lowest BCUT2D eigenvalue weighted by atomic mass is 10.1. The summed E-state index contributed by atoms with van der Waals surface area (Å²) in [5, 5.41) is 2.92. The van der Waals surface area contributed by atoms with Crippen molar-refractivity contribution in [3.63, 3.8) is 0 Å². The van der Waals surface area contributed by atoms with E-state index in [1.807, 2.05) is 12.1 Å². The number of carbonyl (C=O) groups is 1. The molecule has 1 amide bonds. The third-order valence-corrected chi connectivity index (χ3v) is 7.70. The average molecular weight is 460 g/mol. The monoisotopic (exact) mass is 459 g/mol. The number of nitrogens with one attached hydrogen (secondary N) is 1. The third kappa shape index (κ3) is 6.16. The maximum Gasteiger partial charge on any atom is 0.251 e. The molecule has 174 valence electrons. The summed E-state index contributed by atoms with van der Waals surface area (Å²) in [5.74, 6) is -0.232. The highest BCUT2D eigenvalue weighted by Gasteiger charge is 2.21. The molecule has 8 heteroatoms. The van der Waals surface area contributed by atoms with Gasteiger partial charge < -0.3 is 10.1 Å². The number of hydrogen-bond acceptors (Lipinski definition) is 5. The molecule has 1 aliphatic heterocycles. The van der Waals surface area contributed by atoms with E-state index < -0.39 is 10.0 Å². The van der Waals surface area contributed by atoms with Crippen LogP contribution in [0.4, 0.5) is 0 Å². The first-order valence-corrected chi connectivity index (χ1v) is 12.6. The predicted octanol–water partition coefficient (Wildman–Crippen LogP) is 2.87. The van der Waals surface area contributed by atoms with Gasteiger partial charge in [0.2, 0.25) is 10.0 Å². The number of morpholine rings is 1. The van der Waals surface area contributed by atoms with Crippen molar-refractivity contribution in [1.82, 2.24) is 14.5 Å². The van der Waals surface area contributed by atoms with Crippen molar-refractivity contribution < 1.29 is 17.9 Å². The van der Waals surface area contributed by atoms with Gasteiger partial charge in [-0.25, -0.2) is 8.42 Å². The van der Waals surface area contributed by atoms with E-state index in [2.05, 4.69) is 29.3 Å². The van der Waals surface area contributed by atoms with E-state index in [9.17, 15) is 13.2 Å². The van der Waals surface area contributed by atoms with Crippen LogP contribution in [0.1, 0.15) is 42.3 Å². The van der Waals surface area contributed by atoms with Gasteiger partial charge >= 0.3 is 0 Å². The predicted molar refractivity (Wildman–Crippen MR) is 125 cm³/mol. The summed E-state index contributed by atoms with van der Waals surface area (Å²) < 4.78 is 32.2. The molecule has 1 aliphatic rings. The SMILES string of the molecule is CCN(CC)S(=O)(=O)c1ccc(C(=O)NCc2cccc(CN3CCOC(C)C3)c2)cc1. The molecule has 3 rings (SSSR count). The summed E-state index contributed by atoms with van der Waals surface area (Å²) in [7, 11) is -3.53. The van der Waals surface area contributed by atoms with E-state index in [-0.39, 0.29) is 16.9 Å². The molecule has 1 fully saturated rings. The molecule has 0 radical (unpaired) electrons. The van der Waals surface area contributed by atoms with Crippen molar-refractivity contribution in [3.8, 4) is 0 Å². The molecule has 2 aromatic rings. The van der Waals surface area contributed by atoms with Crippen molar-refractivity contribution >= 4 is 15.9 Å². The van der Waals surface area contributed by atoms with Crippen molar-refractivity contribution in [1.29, 1.82) is 0 Å². The van der Waals surface area contributed by atoms with Gasteiger partial charge in [-0.2, -0.15) is 4.31 Å². The van der Waals surface area contributed by atoms with Gasteiger partial charge in [-0.15, -0.1) is 0 Å². The number of benzene rings is 2. The minimum absolute atomic E-state index is 0.197. The van der Waals surface area contributed by atoms with Gasteiger partial charge in [-0.05, 0) is 42.3 Å². The molecule has 1 unspecified atom stereocenters. The van der Waals surface area contributed by atoms with Crippen LogP contribution in [0.25, 0.3) is 0 Å². The van der Waals surface area contributed by atoms with Crippen LogP contribution in [0, 0.1) is 0 Å². The molecule has 1 saturated heterocycles. The zero-order chi connectivity index (χ0) is 23.1. The normalized spacial score (nSPS) is 17.4. The second kappa shape index (κ2) is 11.0. The van der Waals surface area contributed by atoms with E-state index in [4.69, 9.17) is 4.74 Å². The second-order valence-corrected chi connectivity index (χ2v) is 9.97. The van der Waals surface area contributed by atoms with Crippen LogP contribution in [0.15, 0.2) is 53.4 Å². The van der Waals surface area contributed by atoms with Crippen LogP contribution in [-0.2, 0) is 27.8 Å². The standard InChI is InChI=1S/C24H33N3O4S/c1-4-27(5-2)32(29,30)23-11-9-22(10-12-23)24(28)25-16-20-7-6-8-21(15-20)18-26-13-14-31-19(3)17-26/h6-12,15,19H,4-5,13-14,16-18H2,1-3H3,(H,25,28). The van der Waals surface area contributed by atoms with E-state index >= 15 is 0 Å². The fourth-order valence-corrected chi connectivity index (χ4v) is 5.36. The van der Waals surface area contributed by atoms with Crippen molar-refractivity contribution in [2.75, 3.05) is 32.8 Å². The van der Waals surface area contributed by atoms with Crippen molar-refractivity contribution in [2.24, 2.45) is 0 Å². The summed E-state index contributed by atoms with van der Waals surface area (Å²) in [6, 6.07) is 14.3. The smallest absolute Gasteiger partial charge is 0.251 e. The summed E-state index contributed by atoms with van der Waals surface area (Å²) in [6.07, 6.45) is 0.250. The number of hydrogen-bond donors (Lipinski definition) is 1. The van der Waals surface area contributed by atoms with Gasteiger partial charge in [0, 0.05) is 44.8 Å². The van der Waals surface area contributed by atoms with Gasteiger partial charge in [0.05, 0.1) is 17.6 Å². The lowest BCUT2D eigenvalue weighted by Crippen LogP contribution is -2.40. The molecule has 0 saturated carbocycles. The van der Waals surface area contributed by atoms with Crippen LogP contribution in [0.5, 0.6) is 0 Å². The van der Waals surface area contributed by atoms with Gasteiger partial charge in [0.15, 0.2) is 0 Å². The van der Waals surface area contributed by atoms with Crippen molar-refractivity contribution in [3.05, 3.63) is 65.2 Å². The fourth-order valence-electron chi connectivity index (χ4n) is 3.91. The minimum Gasteiger partial charge on any atom is -0.376 e. The zero-order valence-corrected chi connectivity index (χ0v) is 19.9. The summed E-state index contributed by atoms with van der Waals surface area (Å²) >= 11 is 0. The Hall–Kier alpha value is -2.26. The Balaban J connectivity index is 1.59. The molecule has 1 atom stereocenters. The Kier molecular flexibility index (Phi) is 8.42. The molecule has 0 spiro atoms. The Labute approximate surface area is 191 Å². The van der Waals surface area contributed by atoms with Crippen LogP contribution < -0.4 is 5.32 Å². The second-order valence-electron chi connectivity index (χ2n) is 8.03. The highest BCUT2D eigenvalue weighted by Crippen LogP contribution is 2.17. The minimum atomic E-state index is -3.53. The first-order valence-electron chi connectivity index (χ1n) is 11.1. The van der Waals surface area contributed by atoms with Crippen molar-refractivity contribution in [2.45, 2.75) is 44.9 Å². The van der Waals surface area contributed by atoms with Gasteiger partial charge in [-0.1, -0.05) is 38.1 Å². The Morgan fingerprint density at radius 2 is 1.81 bits per heavy atom. The van der Waals surface area contributed by atoms with E-state index in [0.717, 1.165) is 31.8 Å². The molecule has 0 aromatic heterocycles. The molecule has 32 heavy (non-hydrogen) atoms. The number of ether oxygens (including phenoxy) is 1. The maximum absolute atomic E-state index is 12.6. The van der Waals surface area contributed by atoms with Gasteiger partial charge in [0.1, 0.15) is 0 Å². The van der Waals surface area contributed by atoms with Gasteiger partial charge in [0.25, 0.3) is 5.91 Å². The van der Waals surface area contributed by atoms with Gasteiger partial charge in [-0.3, -0.25) is 9.69 Å². The number of rotatable bonds is 9. The summed E-state index contributed by atoms with van der Waals surface area (Å²) in [5.41, 5.74) is 2.66. The molecular formula is C24H33N3O4S. The quantitative estimate of drug-likeness (QED) is 0.624. The number of amides is 1. The molecule has 1 heterocycles. The van der Waals surface area contributed by atoms with Crippen LogP contribution in [0.2, 0.25) is 0 Å². The van der Waals surface area contributed by atoms with Crippen LogP contribution in [-0.4, -0.2) is 62.4 Å². The number of sulfonamides is 1. The van der Waals surface area contributed by atoms with E-state index in [1.54, 1.807) is 26.0 Å².